The summed E-state index contributed by atoms with van der Waals surface area (Å²) in [4.78, 5) is 12.5. The number of rotatable bonds is 9. The first-order valence-corrected chi connectivity index (χ1v) is 12.3. The minimum absolute atomic E-state index is 0.0765. The maximum absolute atomic E-state index is 13.4. The number of carbonyl (C=O) groups excluding carboxylic acids is 1. The van der Waals surface area contributed by atoms with E-state index in [4.69, 9.17) is 0 Å². The monoisotopic (exact) mass is 471 g/mol. The normalized spacial score (nSPS) is 12.7. The molecule has 5 heteroatoms. The highest BCUT2D eigenvalue weighted by molar-refractivity contribution is 5.81. The van der Waals surface area contributed by atoms with Gasteiger partial charge < -0.3 is 5.32 Å². The van der Waals surface area contributed by atoms with E-state index in [1.807, 2.05) is 16.9 Å². The van der Waals surface area contributed by atoms with Gasteiger partial charge in [-0.15, -0.1) is 0 Å². The third kappa shape index (κ3) is 5.79. The number of nitrogens with zero attached hydrogens (tertiary/aromatic N) is 2. The molecule has 0 aliphatic heterocycles. The topological polar surface area (TPSA) is 46.9 Å². The first-order valence-electron chi connectivity index (χ1n) is 12.3. The number of hydrogen-bond acceptors (Lipinski definition) is 2. The second-order valence-corrected chi connectivity index (χ2v) is 10.4. The molecule has 1 heterocycles. The van der Waals surface area contributed by atoms with Crippen LogP contribution in [0.15, 0.2) is 79.0 Å². The molecule has 1 N–H and O–H groups in total. The van der Waals surface area contributed by atoms with Crippen molar-refractivity contribution in [3.63, 3.8) is 0 Å². The SMILES string of the molecule is CC(C)CCC(=O)NCC(C)(C)[C@@H](c1ccccc1)c1ccc2c(cnn2-c2ccc(F)cc2)c1. The molecular weight excluding hydrogens is 437 g/mol. The second-order valence-electron chi connectivity index (χ2n) is 10.4. The van der Waals surface area contributed by atoms with E-state index in [2.05, 4.69) is 80.6 Å². The van der Waals surface area contributed by atoms with Gasteiger partial charge >= 0.3 is 0 Å². The maximum Gasteiger partial charge on any atom is 0.220 e. The van der Waals surface area contributed by atoms with Gasteiger partial charge in [0.2, 0.25) is 5.91 Å². The van der Waals surface area contributed by atoms with Crippen LogP contribution in [0.5, 0.6) is 0 Å². The maximum atomic E-state index is 13.4. The van der Waals surface area contributed by atoms with E-state index >= 15 is 0 Å². The molecule has 0 aliphatic carbocycles. The number of aromatic nitrogens is 2. The first-order chi connectivity index (χ1) is 16.7. The van der Waals surface area contributed by atoms with Gasteiger partial charge in [-0.05, 0) is 65.3 Å². The average Bonchev–Trinajstić information content (AvgIpc) is 3.26. The summed E-state index contributed by atoms with van der Waals surface area (Å²) in [5.41, 5.74) is 3.93. The molecule has 35 heavy (non-hydrogen) atoms. The third-order valence-corrected chi connectivity index (χ3v) is 6.60. The molecule has 0 saturated heterocycles. The molecule has 1 aromatic heterocycles. The lowest BCUT2D eigenvalue weighted by Gasteiger charge is -2.35. The number of halogens is 1. The standard InChI is InChI=1S/C30H34FN3O/c1-21(2)10-17-28(35)32-20-30(3,4)29(22-8-6-5-7-9-22)23-11-16-27-24(18-23)19-33-34(27)26-14-12-25(31)13-15-26/h5-9,11-16,18-19,21,29H,10,17,20H2,1-4H3,(H,32,35)/t29-/m0/s1. The van der Waals surface area contributed by atoms with Crippen molar-refractivity contribution in [3.8, 4) is 5.69 Å². The van der Waals surface area contributed by atoms with Gasteiger partial charge in [0.15, 0.2) is 0 Å². The Kier molecular flexibility index (Phi) is 7.34. The smallest absolute Gasteiger partial charge is 0.220 e. The van der Waals surface area contributed by atoms with E-state index in [1.165, 1.54) is 23.3 Å². The van der Waals surface area contributed by atoms with Gasteiger partial charge in [-0.2, -0.15) is 5.10 Å². The summed E-state index contributed by atoms with van der Waals surface area (Å²) in [7, 11) is 0. The Hall–Kier alpha value is -3.47. The van der Waals surface area contributed by atoms with Gasteiger partial charge in [0.25, 0.3) is 0 Å². The van der Waals surface area contributed by atoms with Crippen molar-refractivity contribution in [2.24, 2.45) is 11.3 Å². The zero-order valence-electron chi connectivity index (χ0n) is 21.0. The fourth-order valence-corrected chi connectivity index (χ4v) is 4.70. The average molecular weight is 472 g/mol. The zero-order valence-corrected chi connectivity index (χ0v) is 21.0. The summed E-state index contributed by atoms with van der Waals surface area (Å²) in [5.74, 6) is 0.424. The summed E-state index contributed by atoms with van der Waals surface area (Å²) in [6.45, 7) is 9.27. The highest BCUT2D eigenvalue weighted by atomic mass is 19.1. The van der Waals surface area contributed by atoms with Crippen LogP contribution in [0.1, 0.15) is 57.6 Å². The van der Waals surface area contributed by atoms with Crippen molar-refractivity contribution in [2.75, 3.05) is 6.54 Å². The molecule has 0 unspecified atom stereocenters. The van der Waals surface area contributed by atoms with Crippen LogP contribution in [0.3, 0.4) is 0 Å². The highest BCUT2D eigenvalue weighted by Gasteiger charge is 2.33. The Morgan fingerprint density at radius 2 is 1.71 bits per heavy atom. The molecule has 0 fully saturated rings. The Morgan fingerprint density at radius 1 is 1.00 bits per heavy atom. The minimum Gasteiger partial charge on any atom is -0.356 e. The van der Waals surface area contributed by atoms with Crippen LogP contribution < -0.4 is 5.32 Å². The predicted molar refractivity (Wildman–Crippen MR) is 140 cm³/mol. The van der Waals surface area contributed by atoms with Crippen LogP contribution in [-0.4, -0.2) is 22.2 Å². The summed E-state index contributed by atoms with van der Waals surface area (Å²) in [6.07, 6.45) is 3.30. The predicted octanol–water partition coefficient (Wildman–Crippen LogP) is 6.88. The fourth-order valence-electron chi connectivity index (χ4n) is 4.70. The van der Waals surface area contributed by atoms with E-state index in [9.17, 15) is 9.18 Å². The molecule has 182 valence electrons. The quantitative estimate of drug-likeness (QED) is 0.289. The molecule has 1 amide bonds. The number of benzene rings is 3. The number of amides is 1. The van der Waals surface area contributed by atoms with Crippen molar-refractivity contribution >= 4 is 16.8 Å². The lowest BCUT2D eigenvalue weighted by molar-refractivity contribution is -0.121. The van der Waals surface area contributed by atoms with Crippen LogP contribution in [0.25, 0.3) is 16.6 Å². The second kappa shape index (κ2) is 10.4. The van der Waals surface area contributed by atoms with Crippen molar-refractivity contribution < 1.29 is 9.18 Å². The van der Waals surface area contributed by atoms with E-state index < -0.39 is 0 Å². The Balaban J connectivity index is 1.65. The van der Waals surface area contributed by atoms with E-state index in [0.29, 0.717) is 18.9 Å². The van der Waals surface area contributed by atoms with Gasteiger partial charge in [0, 0.05) is 24.3 Å². The van der Waals surface area contributed by atoms with Crippen molar-refractivity contribution in [2.45, 2.75) is 46.5 Å². The van der Waals surface area contributed by atoms with Crippen LogP contribution in [0.4, 0.5) is 4.39 Å². The molecule has 0 saturated carbocycles. The lowest BCUT2D eigenvalue weighted by atomic mass is 9.71. The lowest BCUT2D eigenvalue weighted by Crippen LogP contribution is -2.38. The van der Waals surface area contributed by atoms with Gasteiger partial charge in [-0.1, -0.05) is 64.1 Å². The van der Waals surface area contributed by atoms with Crippen molar-refractivity contribution in [3.05, 3.63) is 95.9 Å². The van der Waals surface area contributed by atoms with Crippen LogP contribution in [0, 0.1) is 17.2 Å². The Bertz CT molecular complexity index is 1280. The largest absolute Gasteiger partial charge is 0.356 e. The van der Waals surface area contributed by atoms with Gasteiger partial charge in [0.05, 0.1) is 17.4 Å². The van der Waals surface area contributed by atoms with Crippen LogP contribution in [0.2, 0.25) is 0 Å². The Morgan fingerprint density at radius 3 is 2.40 bits per heavy atom. The summed E-state index contributed by atoms with van der Waals surface area (Å²) in [6, 6.07) is 23.2. The number of carbonyl (C=O) groups is 1. The Labute approximate surface area is 207 Å². The van der Waals surface area contributed by atoms with E-state index in [1.54, 1.807) is 12.1 Å². The molecule has 0 radical (unpaired) electrons. The summed E-state index contributed by atoms with van der Waals surface area (Å²) in [5, 5.41) is 8.76. The fraction of sp³-hybridized carbons (Fsp3) is 0.333. The third-order valence-electron chi connectivity index (χ3n) is 6.60. The molecule has 0 spiro atoms. The van der Waals surface area contributed by atoms with Crippen molar-refractivity contribution in [1.29, 1.82) is 0 Å². The number of hydrogen-bond donors (Lipinski definition) is 1. The van der Waals surface area contributed by atoms with Crippen LogP contribution >= 0.6 is 0 Å². The first kappa shape index (κ1) is 24.6. The van der Waals surface area contributed by atoms with Gasteiger partial charge in [-0.3, -0.25) is 4.79 Å². The summed E-state index contributed by atoms with van der Waals surface area (Å²) >= 11 is 0. The van der Waals surface area contributed by atoms with Gasteiger partial charge in [-0.25, -0.2) is 9.07 Å². The molecular formula is C30H34FN3O. The minimum atomic E-state index is -0.267. The molecule has 1 atom stereocenters. The molecule has 4 nitrogen and oxygen atoms in total. The van der Waals surface area contributed by atoms with Gasteiger partial charge in [0.1, 0.15) is 5.82 Å². The molecule has 0 bridgehead atoms. The molecule has 4 aromatic rings. The molecule has 0 aliphatic rings. The number of fused-ring (bicyclic) bond motifs is 1. The zero-order chi connectivity index (χ0) is 25.0. The van der Waals surface area contributed by atoms with E-state index in [0.717, 1.165) is 23.0 Å². The summed E-state index contributed by atoms with van der Waals surface area (Å²) < 4.78 is 15.2. The van der Waals surface area contributed by atoms with Crippen molar-refractivity contribution in [1.82, 2.24) is 15.1 Å². The number of nitrogens with one attached hydrogen (secondary N) is 1. The van der Waals surface area contributed by atoms with E-state index in [-0.39, 0.29) is 23.1 Å². The highest BCUT2D eigenvalue weighted by Crippen LogP contribution is 2.41. The van der Waals surface area contributed by atoms with Crippen LogP contribution in [-0.2, 0) is 4.79 Å². The molecule has 4 rings (SSSR count). The molecule has 3 aromatic carbocycles.